The van der Waals surface area contributed by atoms with E-state index < -0.39 is 42.5 Å². The molecule has 0 radical (unpaired) electrons. The third kappa shape index (κ3) is 5.47. The predicted molar refractivity (Wildman–Crippen MR) is 111 cm³/mol. The van der Waals surface area contributed by atoms with Crippen LogP contribution in [0, 0.1) is 0 Å². The molecule has 8 N–H and O–H groups in total. The zero-order valence-corrected chi connectivity index (χ0v) is 16.5. The van der Waals surface area contributed by atoms with Crippen LogP contribution in [0.3, 0.4) is 0 Å². The summed E-state index contributed by atoms with van der Waals surface area (Å²) in [6.07, 6.45) is 4.69. The molecule has 0 fully saturated rings. The van der Waals surface area contributed by atoms with Crippen LogP contribution in [0.2, 0.25) is 0 Å². The Labute approximate surface area is 177 Å². The lowest BCUT2D eigenvalue weighted by molar-refractivity contribution is -0.142. The Balaban J connectivity index is 1.76. The molecule has 164 valence electrons. The van der Waals surface area contributed by atoms with Crippen LogP contribution in [0.5, 0.6) is 0 Å². The minimum absolute atomic E-state index is 0.0369. The first kappa shape index (κ1) is 22.0. The molecule has 3 aromatic rings. The first-order valence-corrected chi connectivity index (χ1v) is 9.61. The van der Waals surface area contributed by atoms with E-state index in [0.717, 1.165) is 16.5 Å². The van der Waals surface area contributed by atoms with Crippen molar-refractivity contribution in [3.8, 4) is 0 Å². The van der Waals surface area contributed by atoms with Crippen LogP contribution in [-0.4, -0.2) is 67.7 Å². The fraction of sp³-hybridized carbons (Fsp3) is 0.300. The van der Waals surface area contributed by atoms with Crippen molar-refractivity contribution in [3.63, 3.8) is 0 Å². The highest BCUT2D eigenvalue weighted by Crippen LogP contribution is 2.19. The number of para-hydroxylation sites is 1. The van der Waals surface area contributed by atoms with Gasteiger partial charge in [-0.05, 0) is 11.6 Å². The highest BCUT2D eigenvalue weighted by Gasteiger charge is 2.29. The Kier molecular flexibility index (Phi) is 7.00. The molecular weight excluding hydrogens is 404 g/mol. The average Bonchev–Trinajstić information content (AvgIpc) is 3.42. The van der Waals surface area contributed by atoms with Crippen molar-refractivity contribution in [3.05, 3.63) is 54.2 Å². The summed E-state index contributed by atoms with van der Waals surface area (Å²) in [7, 11) is 0. The van der Waals surface area contributed by atoms with Crippen molar-refractivity contribution in [2.24, 2.45) is 5.73 Å². The third-order valence-electron chi connectivity index (χ3n) is 4.86. The smallest absolute Gasteiger partial charge is 0.326 e. The Morgan fingerprint density at radius 3 is 2.48 bits per heavy atom. The second-order valence-corrected chi connectivity index (χ2v) is 7.09. The second kappa shape index (κ2) is 9.87. The number of imidazole rings is 1. The number of aromatic nitrogens is 3. The number of nitrogens with zero attached hydrogens (tertiary/aromatic N) is 1. The predicted octanol–water partition coefficient (Wildman–Crippen LogP) is -0.950. The number of carboxylic acids is 1. The summed E-state index contributed by atoms with van der Waals surface area (Å²) in [5.74, 6) is -2.64. The number of fused-ring (bicyclic) bond motifs is 1. The van der Waals surface area contributed by atoms with Crippen LogP contribution in [-0.2, 0) is 27.2 Å². The number of carbonyl (C=O) groups is 3. The third-order valence-corrected chi connectivity index (χ3v) is 4.86. The number of carbonyl (C=O) groups excluding carboxylic acids is 2. The van der Waals surface area contributed by atoms with Gasteiger partial charge in [-0.15, -0.1) is 0 Å². The van der Waals surface area contributed by atoms with E-state index in [1.54, 1.807) is 6.20 Å². The van der Waals surface area contributed by atoms with E-state index in [0.29, 0.717) is 5.69 Å². The molecule has 0 unspecified atom stereocenters. The molecule has 2 aromatic heterocycles. The lowest BCUT2D eigenvalue weighted by Crippen LogP contribution is -2.56. The number of H-pyrrole nitrogens is 2. The number of carboxylic acid groups (broad SMARTS) is 1. The minimum atomic E-state index is -1.22. The number of hydrogen-bond donors (Lipinski definition) is 7. The first-order valence-electron chi connectivity index (χ1n) is 9.61. The maximum atomic E-state index is 12.9. The van der Waals surface area contributed by atoms with Crippen molar-refractivity contribution in [1.82, 2.24) is 25.6 Å². The van der Waals surface area contributed by atoms with Crippen LogP contribution >= 0.6 is 0 Å². The number of aliphatic carboxylic acids is 1. The Hall–Kier alpha value is -3.70. The fourth-order valence-corrected chi connectivity index (χ4v) is 3.18. The van der Waals surface area contributed by atoms with Gasteiger partial charge in [0.1, 0.15) is 18.1 Å². The summed E-state index contributed by atoms with van der Waals surface area (Å²) in [5, 5.41) is 24.5. The summed E-state index contributed by atoms with van der Waals surface area (Å²) in [5.41, 5.74) is 7.67. The van der Waals surface area contributed by atoms with Crippen LogP contribution in [0.4, 0.5) is 0 Å². The fourth-order valence-electron chi connectivity index (χ4n) is 3.18. The van der Waals surface area contributed by atoms with Gasteiger partial charge in [0.25, 0.3) is 0 Å². The zero-order chi connectivity index (χ0) is 22.4. The number of benzene rings is 1. The van der Waals surface area contributed by atoms with Crippen molar-refractivity contribution in [2.75, 3.05) is 6.61 Å². The molecule has 0 saturated heterocycles. The lowest BCUT2D eigenvalue weighted by Gasteiger charge is -2.22. The molecule has 1 aromatic carbocycles. The molecule has 11 nitrogen and oxygen atoms in total. The van der Waals surface area contributed by atoms with Gasteiger partial charge in [0.05, 0.1) is 12.9 Å². The molecule has 0 aliphatic carbocycles. The van der Waals surface area contributed by atoms with Gasteiger partial charge in [-0.1, -0.05) is 18.2 Å². The van der Waals surface area contributed by atoms with Gasteiger partial charge in [-0.25, -0.2) is 9.78 Å². The Bertz CT molecular complexity index is 1050. The maximum Gasteiger partial charge on any atom is 0.326 e. The topological polar surface area (TPSA) is 186 Å². The number of rotatable bonds is 10. The maximum absolute atomic E-state index is 12.9. The van der Waals surface area contributed by atoms with Crippen LogP contribution in [0.25, 0.3) is 10.9 Å². The minimum Gasteiger partial charge on any atom is -0.480 e. The summed E-state index contributed by atoms with van der Waals surface area (Å²) in [4.78, 5) is 46.6. The van der Waals surface area contributed by atoms with E-state index >= 15 is 0 Å². The van der Waals surface area contributed by atoms with Crippen LogP contribution < -0.4 is 16.4 Å². The average molecular weight is 428 g/mol. The van der Waals surface area contributed by atoms with E-state index in [-0.39, 0.29) is 12.8 Å². The number of nitrogens with one attached hydrogen (secondary N) is 4. The molecule has 2 amide bonds. The van der Waals surface area contributed by atoms with Gasteiger partial charge in [0.2, 0.25) is 11.8 Å². The monoisotopic (exact) mass is 428 g/mol. The van der Waals surface area contributed by atoms with E-state index in [4.69, 9.17) is 10.8 Å². The van der Waals surface area contributed by atoms with Gasteiger partial charge in [0.15, 0.2) is 0 Å². The van der Waals surface area contributed by atoms with Crippen LogP contribution in [0.15, 0.2) is 43.0 Å². The molecule has 0 aliphatic heterocycles. The molecule has 0 bridgehead atoms. The summed E-state index contributed by atoms with van der Waals surface area (Å²) in [6, 6.07) is 3.88. The standard InChI is InChI=1S/C20H24N6O5/c21-14(9-27)18(28)25-16(6-12-8-22-10-24-12)19(29)26-17(20(30)31)5-11-7-23-15-4-2-1-3-13(11)15/h1-4,7-8,10,14,16-17,23,27H,5-6,9,21H2,(H,22,24)(H,25,28)(H,26,29)(H,30,31)/t14-,16-,17-/m0/s1. The quantitative estimate of drug-likeness (QED) is 0.217. The number of aliphatic hydroxyl groups is 1. The molecule has 31 heavy (non-hydrogen) atoms. The molecule has 2 heterocycles. The van der Waals surface area contributed by atoms with Gasteiger partial charge >= 0.3 is 5.97 Å². The van der Waals surface area contributed by atoms with E-state index in [1.807, 2.05) is 24.3 Å². The molecule has 0 spiro atoms. The highest BCUT2D eigenvalue weighted by atomic mass is 16.4. The van der Waals surface area contributed by atoms with E-state index in [1.165, 1.54) is 12.5 Å². The SMILES string of the molecule is N[C@@H](CO)C(=O)N[C@@H](Cc1cnc[nH]1)C(=O)N[C@@H](Cc1c[nH]c2ccccc12)C(=O)O. The molecule has 3 rings (SSSR count). The molecule has 11 heteroatoms. The van der Waals surface area contributed by atoms with Crippen molar-refractivity contribution in [2.45, 2.75) is 31.0 Å². The normalized spacial score (nSPS) is 14.0. The van der Waals surface area contributed by atoms with Gasteiger partial charge in [0, 0.05) is 41.8 Å². The van der Waals surface area contributed by atoms with Crippen molar-refractivity contribution >= 4 is 28.7 Å². The van der Waals surface area contributed by atoms with Gasteiger partial charge in [-0.2, -0.15) is 0 Å². The number of aromatic amines is 2. The Morgan fingerprint density at radius 1 is 1.06 bits per heavy atom. The number of nitrogens with two attached hydrogens (primary N) is 1. The van der Waals surface area contributed by atoms with E-state index in [9.17, 15) is 19.5 Å². The molecule has 3 atom stereocenters. The van der Waals surface area contributed by atoms with Gasteiger partial charge < -0.3 is 36.5 Å². The lowest BCUT2D eigenvalue weighted by atomic mass is 10.0. The summed E-state index contributed by atoms with van der Waals surface area (Å²) < 4.78 is 0. The van der Waals surface area contributed by atoms with Gasteiger partial charge in [-0.3, -0.25) is 9.59 Å². The number of hydrogen-bond acceptors (Lipinski definition) is 6. The highest BCUT2D eigenvalue weighted by molar-refractivity contribution is 5.92. The van der Waals surface area contributed by atoms with Crippen LogP contribution in [0.1, 0.15) is 11.3 Å². The van der Waals surface area contributed by atoms with Crippen molar-refractivity contribution in [1.29, 1.82) is 0 Å². The van der Waals surface area contributed by atoms with Crippen molar-refractivity contribution < 1.29 is 24.6 Å². The zero-order valence-electron chi connectivity index (χ0n) is 16.5. The molecule has 0 saturated carbocycles. The number of aliphatic hydroxyl groups excluding tert-OH is 1. The second-order valence-electron chi connectivity index (χ2n) is 7.09. The summed E-state index contributed by atoms with van der Waals surface area (Å²) in [6.45, 7) is -0.595. The molecular formula is C20H24N6O5. The summed E-state index contributed by atoms with van der Waals surface area (Å²) >= 11 is 0. The Morgan fingerprint density at radius 2 is 1.81 bits per heavy atom. The number of amides is 2. The van der Waals surface area contributed by atoms with E-state index in [2.05, 4.69) is 25.6 Å². The largest absolute Gasteiger partial charge is 0.480 e. The first-order chi connectivity index (χ1) is 14.9. The molecule has 0 aliphatic rings.